The first kappa shape index (κ1) is 14.4. The molecule has 0 bridgehead atoms. The number of nitrogens with zero attached hydrogens (tertiary/aromatic N) is 1. The van der Waals surface area contributed by atoms with E-state index in [2.05, 4.69) is 10.3 Å². The summed E-state index contributed by atoms with van der Waals surface area (Å²) in [5.74, 6) is 0.918. The number of rotatable bonds is 4. The lowest BCUT2D eigenvalue weighted by Crippen LogP contribution is -2.19. The maximum absolute atomic E-state index is 12.5. The van der Waals surface area contributed by atoms with Gasteiger partial charge in [-0.15, -0.1) is 0 Å². The molecule has 0 amide bonds. The number of anilines is 1. The molecular weight excluding hydrogens is 273 g/mol. The smallest absolute Gasteiger partial charge is 0.367 e. The summed E-state index contributed by atoms with van der Waals surface area (Å²) in [6, 6.07) is 1.80. The second kappa shape index (κ2) is 5.82. The minimum Gasteiger partial charge on any atom is -0.367 e. The van der Waals surface area contributed by atoms with E-state index in [0.717, 1.165) is 17.9 Å². The molecule has 1 aromatic rings. The molecule has 17 heavy (non-hydrogen) atoms. The molecule has 1 rings (SSSR count). The topological polar surface area (TPSA) is 24.9 Å². The van der Waals surface area contributed by atoms with Crippen LogP contribution in [0, 0.1) is 0 Å². The van der Waals surface area contributed by atoms with Gasteiger partial charge in [0.15, 0.2) is 0 Å². The summed E-state index contributed by atoms with van der Waals surface area (Å²) in [6.45, 7) is 1.87. The zero-order valence-electron chi connectivity index (χ0n) is 9.31. The fourth-order valence-electron chi connectivity index (χ4n) is 1.28. The lowest BCUT2D eigenvalue weighted by Gasteiger charge is -2.15. The summed E-state index contributed by atoms with van der Waals surface area (Å²) in [7, 11) is 0. The quantitative estimate of drug-likeness (QED) is 0.849. The molecule has 1 unspecified atom stereocenters. The molecule has 0 aliphatic heterocycles. The Bertz CT molecular complexity index is 384. The number of halogens is 4. The largest absolute Gasteiger partial charge is 0.416 e. The normalized spacial score (nSPS) is 13.5. The van der Waals surface area contributed by atoms with E-state index < -0.39 is 11.7 Å². The van der Waals surface area contributed by atoms with Crippen molar-refractivity contribution in [3.63, 3.8) is 0 Å². The van der Waals surface area contributed by atoms with Gasteiger partial charge >= 0.3 is 6.18 Å². The summed E-state index contributed by atoms with van der Waals surface area (Å²) in [4.78, 5) is 3.81. The zero-order valence-corrected chi connectivity index (χ0v) is 10.9. The maximum Gasteiger partial charge on any atom is 0.416 e. The number of thioether (sulfide) groups is 1. The van der Waals surface area contributed by atoms with Gasteiger partial charge in [-0.1, -0.05) is 11.6 Å². The van der Waals surface area contributed by atoms with Crippen LogP contribution < -0.4 is 5.32 Å². The Hall–Kier alpha value is -0.620. The summed E-state index contributed by atoms with van der Waals surface area (Å²) >= 11 is 7.16. The van der Waals surface area contributed by atoms with Gasteiger partial charge in [0.2, 0.25) is 0 Å². The maximum atomic E-state index is 12.5. The second-order valence-corrected chi connectivity index (χ2v) is 4.86. The Morgan fingerprint density at radius 2 is 2.12 bits per heavy atom. The van der Waals surface area contributed by atoms with Gasteiger partial charge in [-0.25, -0.2) is 4.98 Å². The molecule has 0 aromatic carbocycles. The summed E-state index contributed by atoms with van der Waals surface area (Å²) in [6.07, 6.45) is -2.49. The zero-order chi connectivity index (χ0) is 13.1. The van der Waals surface area contributed by atoms with Crippen molar-refractivity contribution in [2.75, 3.05) is 17.3 Å². The van der Waals surface area contributed by atoms with Gasteiger partial charge in [0.05, 0.1) is 5.56 Å². The van der Waals surface area contributed by atoms with Crippen molar-refractivity contribution in [2.45, 2.75) is 19.1 Å². The van der Waals surface area contributed by atoms with Gasteiger partial charge in [0.25, 0.3) is 0 Å². The summed E-state index contributed by atoms with van der Waals surface area (Å²) in [5.41, 5.74) is -0.795. The minimum atomic E-state index is -4.41. The molecule has 1 atom stereocenters. The van der Waals surface area contributed by atoms with E-state index in [9.17, 15) is 13.2 Å². The van der Waals surface area contributed by atoms with E-state index in [4.69, 9.17) is 11.6 Å². The molecule has 1 aromatic heterocycles. The first-order valence-electron chi connectivity index (χ1n) is 4.83. The van der Waals surface area contributed by atoms with Crippen LogP contribution in [0.2, 0.25) is 5.15 Å². The Morgan fingerprint density at radius 3 is 2.65 bits per heavy atom. The fourth-order valence-corrected chi connectivity index (χ4v) is 2.07. The van der Waals surface area contributed by atoms with Crippen molar-refractivity contribution < 1.29 is 13.2 Å². The van der Waals surface area contributed by atoms with Crippen molar-refractivity contribution in [1.82, 2.24) is 4.98 Å². The number of nitrogens with one attached hydrogen (secondary N) is 1. The van der Waals surface area contributed by atoms with E-state index >= 15 is 0 Å². The molecule has 0 radical (unpaired) electrons. The predicted molar refractivity (Wildman–Crippen MR) is 65.7 cm³/mol. The Kier molecular flexibility index (Phi) is 4.94. The van der Waals surface area contributed by atoms with Crippen LogP contribution in [0.5, 0.6) is 0 Å². The highest BCUT2D eigenvalue weighted by molar-refractivity contribution is 7.98. The van der Waals surface area contributed by atoms with Gasteiger partial charge in [-0.05, 0) is 25.3 Å². The van der Waals surface area contributed by atoms with Gasteiger partial charge < -0.3 is 5.32 Å². The first-order valence-corrected chi connectivity index (χ1v) is 6.60. The monoisotopic (exact) mass is 284 g/mol. The van der Waals surface area contributed by atoms with Crippen LogP contribution in [0.3, 0.4) is 0 Å². The van der Waals surface area contributed by atoms with Crippen LogP contribution in [0.4, 0.5) is 19.0 Å². The van der Waals surface area contributed by atoms with Crippen molar-refractivity contribution in [3.05, 3.63) is 22.8 Å². The summed E-state index contributed by atoms with van der Waals surface area (Å²) in [5, 5.41) is 2.71. The van der Waals surface area contributed by atoms with Crippen LogP contribution in [0.1, 0.15) is 12.5 Å². The van der Waals surface area contributed by atoms with Crippen LogP contribution in [0.25, 0.3) is 0 Å². The highest BCUT2D eigenvalue weighted by Gasteiger charge is 2.31. The molecule has 0 aliphatic rings. The third-order valence-electron chi connectivity index (χ3n) is 1.93. The highest BCUT2D eigenvalue weighted by atomic mass is 35.5. The third-order valence-corrected chi connectivity index (χ3v) is 2.96. The molecule has 0 fully saturated rings. The van der Waals surface area contributed by atoms with Crippen LogP contribution >= 0.6 is 23.4 Å². The van der Waals surface area contributed by atoms with E-state index in [1.165, 1.54) is 0 Å². The number of hydrogen-bond acceptors (Lipinski definition) is 3. The summed E-state index contributed by atoms with van der Waals surface area (Å²) < 4.78 is 37.5. The van der Waals surface area contributed by atoms with Crippen LogP contribution in [-0.2, 0) is 6.18 Å². The van der Waals surface area contributed by atoms with Crippen molar-refractivity contribution in [2.24, 2.45) is 0 Å². The highest BCUT2D eigenvalue weighted by Crippen LogP contribution is 2.32. The van der Waals surface area contributed by atoms with Crippen molar-refractivity contribution in [3.8, 4) is 0 Å². The first-order chi connectivity index (χ1) is 7.82. The van der Waals surface area contributed by atoms with Crippen molar-refractivity contribution in [1.29, 1.82) is 0 Å². The van der Waals surface area contributed by atoms with E-state index in [-0.39, 0.29) is 17.0 Å². The molecule has 2 nitrogen and oxygen atoms in total. The van der Waals surface area contributed by atoms with Gasteiger partial charge in [-0.3, -0.25) is 0 Å². The molecule has 0 saturated heterocycles. The van der Waals surface area contributed by atoms with E-state index in [0.29, 0.717) is 0 Å². The molecule has 1 heterocycles. The minimum absolute atomic E-state index is 0.0250. The number of pyridine rings is 1. The van der Waals surface area contributed by atoms with E-state index in [1.54, 1.807) is 11.8 Å². The molecule has 0 aliphatic carbocycles. The number of alkyl halides is 3. The van der Waals surface area contributed by atoms with Crippen LogP contribution in [0.15, 0.2) is 12.1 Å². The lowest BCUT2D eigenvalue weighted by molar-refractivity contribution is -0.137. The second-order valence-electron chi connectivity index (χ2n) is 3.56. The third kappa shape index (κ3) is 4.63. The predicted octanol–water partition coefficient (Wildman–Crippen LogP) is 3.92. The van der Waals surface area contributed by atoms with Gasteiger partial charge in [-0.2, -0.15) is 24.9 Å². The molecule has 1 N–H and O–H groups in total. The van der Waals surface area contributed by atoms with E-state index in [1.807, 2.05) is 13.2 Å². The SMILES string of the molecule is CSCC(C)Nc1cc(C(F)(F)F)cc(Cl)n1. The van der Waals surface area contributed by atoms with Gasteiger partial charge in [0.1, 0.15) is 11.0 Å². The fraction of sp³-hybridized carbons (Fsp3) is 0.500. The molecule has 0 saturated carbocycles. The molecular formula is C10H12ClF3N2S. The Balaban J connectivity index is 2.90. The van der Waals surface area contributed by atoms with Crippen LogP contribution in [-0.4, -0.2) is 23.0 Å². The van der Waals surface area contributed by atoms with Crippen molar-refractivity contribution >= 4 is 29.2 Å². The number of aromatic nitrogens is 1. The standard InChI is InChI=1S/C10H12ClF3N2S/c1-6(5-17-2)15-9-4-7(10(12,13)14)3-8(11)16-9/h3-4,6H,5H2,1-2H3,(H,15,16). The molecule has 7 heteroatoms. The Labute approximate surface area is 107 Å². The lowest BCUT2D eigenvalue weighted by atomic mass is 10.2. The Morgan fingerprint density at radius 1 is 1.47 bits per heavy atom. The van der Waals surface area contributed by atoms with Gasteiger partial charge in [0, 0.05) is 11.8 Å². The molecule has 0 spiro atoms. The average molecular weight is 285 g/mol. The molecule has 96 valence electrons. The average Bonchev–Trinajstić information content (AvgIpc) is 2.15. The number of hydrogen-bond donors (Lipinski definition) is 1.